The number of aryl methyl sites for hydroxylation is 2. The minimum absolute atomic E-state index is 0.187. The van der Waals surface area contributed by atoms with Crippen LogP contribution in [0.2, 0.25) is 0 Å². The third-order valence-corrected chi connectivity index (χ3v) is 6.38. The van der Waals surface area contributed by atoms with E-state index in [9.17, 15) is 13.5 Å². The first-order chi connectivity index (χ1) is 9.41. The molecule has 0 radical (unpaired) electrons. The van der Waals surface area contributed by atoms with E-state index in [2.05, 4.69) is 0 Å². The molecule has 0 aromatic heterocycles. The second-order valence-corrected chi connectivity index (χ2v) is 8.17. The third-order valence-electron chi connectivity index (χ3n) is 4.58. The molecule has 1 aromatic carbocycles. The van der Waals surface area contributed by atoms with Gasteiger partial charge in [-0.25, -0.2) is 8.42 Å². The molecule has 0 atom stereocenters. The molecule has 1 N–H and O–H groups in total. The Morgan fingerprint density at radius 1 is 1.20 bits per heavy atom. The largest absolute Gasteiger partial charge is 0.389 e. The molecule has 1 fully saturated rings. The number of aliphatic hydroxyl groups is 1. The fourth-order valence-corrected chi connectivity index (χ4v) is 4.43. The van der Waals surface area contributed by atoms with Gasteiger partial charge in [-0.05, 0) is 61.8 Å². The maximum Gasteiger partial charge on any atom is 0.242 e. The standard InChI is InChI=1S/C15H21NO3S/c1-16(11-15(17)8-3-9-15)20(18,19)14-7-6-12-4-2-5-13(12)10-14/h6-7,10,17H,2-5,8-9,11H2,1H3. The maximum absolute atomic E-state index is 12.6. The van der Waals surface area contributed by atoms with Gasteiger partial charge in [-0.2, -0.15) is 4.31 Å². The molecule has 2 aliphatic carbocycles. The Labute approximate surface area is 120 Å². The van der Waals surface area contributed by atoms with Crippen molar-refractivity contribution < 1.29 is 13.5 Å². The van der Waals surface area contributed by atoms with Crippen LogP contribution < -0.4 is 0 Å². The molecule has 0 amide bonds. The lowest BCUT2D eigenvalue weighted by atomic mass is 9.80. The van der Waals surface area contributed by atoms with Gasteiger partial charge in [-0.3, -0.25) is 0 Å². The summed E-state index contributed by atoms with van der Waals surface area (Å²) in [4.78, 5) is 0.351. The summed E-state index contributed by atoms with van der Waals surface area (Å²) in [6.07, 6.45) is 5.48. The van der Waals surface area contributed by atoms with E-state index in [-0.39, 0.29) is 6.54 Å². The first kappa shape index (κ1) is 14.0. The van der Waals surface area contributed by atoms with Gasteiger partial charge in [0.15, 0.2) is 0 Å². The third kappa shape index (κ3) is 2.38. The Kier molecular flexibility index (Phi) is 3.39. The van der Waals surface area contributed by atoms with E-state index in [0.717, 1.165) is 31.2 Å². The van der Waals surface area contributed by atoms with Crippen LogP contribution in [-0.4, -0.2) is 37.0 Å². The highest BCUT2D eigenvalue weighted by atomic mass is 32.2. The van der Waals surface area contributed by atoms with Crippen LogP contribution >= 0.6 is 0 Å². The molecule has 1 aromatic rings. The highest BCUT2D eigenvalue weighted by Crippen LogP contribution is 2.33. The van der Waals surface area contributed by atoms with E-state index in [1.807, 2.05) is 6.07 Å². The van der Waals surface area contributed by atoms with Gasteiger partial charge in [-0.1, -0.05) is 6.07 Å². The van der Waals surface area contributed by atoms with Crippen molar-refractivity contribution in [3.63, 3.8) is 0 Å². The van der Waals surface area contributed by atoms with E-state index >= 15 is 0 Å². The topological polar surface area (TPSA) is 57.6 Å². The van der Waals surface area contributed by atoms with Gasteiger partial charge in [0.25, 0.3) is 0 Å². The second kappa shape index (κ2) is 4.83. The summed E-state index contributed by atoms with van der Waals surface area (Å²) in [6, 6.07) is 5.43. The fraction of sp³-hybridized carbons (Fsp3) is 0.600. The molecule has 0 saturated heterocycles. The number of fused-ring (bicyclic) bond motifs is 1. The van der Waals surface area contributed by atoms with Crippen molar-refractivity contribution in [2.45, 2.75) is 49.0 Å². The first-order valence-electron chi connectivity index (χ1n) is 7.21. The summed E-state index contributed by atoms with van der Waals surface area (Å²) in [6.45, 7) is 0.187. The van der Waals surface area contributed by atoms with Crippen molar-refractivity contribution in [3.8, 4) is 0 Å². The molecule has 0 spiro atoms. The van der Waals surface area contributed by atoms with E-state index in [4.69, 9.17) is 0 Å². The summed E-state index contributed by atoms with van der Waals surface area (Å²) in [5, 5.41) is 10.1. The zero-order valence-electron chi connectivity index (χ0n) is 11.8. The molecular formula is C15H21NO3S. The van der Waals surface area contributed by atoms with E-state index in [0.29, 0.717) is 17.7 Å². The van der Waals surface area contributed by atoms with Gasteiger partial charge in [0, 0.05) is 13.6 Å². The monoisotopic (exact) mass is 295 g/mol. The summed E-state index contributed by atoms with van der Waals surface area (Å²) in [7, 11) is -1.94. The lowest BCUT2D eigenvalue weighted by molar-refractivity contribution is -0.0423. The van der Waals surface area contributed by atoms with Gasteiger partial charge in [0.05, 0.1) is 10.5 Å². The predicted molar refractivity (Wildman–Crippen MR) is 77.1 cm³/mol. The molecule has 1 saturated carbocycles. The smallest absolute Gasteiger partial charge is 0.242 e. The molecule has 2 aliphatic rings. The van der Waals surface area contributed by atoms with Crippen LogP contribution in [0.5, 0.6) is 0 Å². The Balaban J connectivity index is 1.83. The van der Waals surface area contributed by atoms with Crippen LogP contribution in [0, 0.1) is 0 Å². The predicted octanol–water partition coefficient (Wildman–Crippen LogP) is 1.71. The zero-order valence-corrected chi connectivity index (χ0v) is 12.6. The van der Waals surface area contributed by atoms with Crippen LogP contribution in [0.1, 0.15) is 36.8 Å². The Morgan fingerprint density at radius 3 is 2.55 bits per heavy atom. The number of rotatable bonds is 4. The van der Waals surface area contributed by atoms with Crippen LogP contribution in [0.15, 0.2) is 23.1 Å². The SMILES string of the molecule is CN(CC1(O)CCC1)S(=O)(=O)c1ccc2c(c1)CCC2. The molecule has 110 valence electrons. The Morgan fingerprint density at radius 2 is 1.90 bits per heavy atom. The van der Waals surface area contributed by atoms with Crippen LogP contribution in [0.3, 0.4) is 0 Å². The molecule has 0 heterocycles. The summed E-state index contributed by atoms with van der Waals surface area (Å²) in [5.74, 6) is 0. The fourth-order valence-electron chi connectivity index (χ4n) is 3.13. The highest BCUT2D eigenvalue weighted by molar-refractivity contribution is 7.89. The van der Waals surface area contributed by atoms with E-state index < -0.39 is 15.6 Å². The molecule has 0 unspecified atom stereocenters. The van der Waals surface area contributed by atoms with Gasteiger partial charge < -0.3 is 5.11 Å². The van der Waals surface area contributed by atoms with Crippen molar-refractivity contribution in [1.29, 1.82) is 0 Å². The van der Waals surface area contributed by atoms with Crippen LogP contribution in [0.4, 0.5) is 0 Å². The number of hydrogen-bond donors (Lipinski definition) is 1. The maximum atomic E-state index is 12.6. The molecule has 20 heavy (non-hydrogen) atoms. The van der Waals surface area contributed by atoms with Gasteiger partial charge in [0.2, 0.25) is 10.0 Å². The zero-order chi connectivity index (χ0) is 14.4. The summed E-state index contributed by atoms with van der Waals surface area (Å²) < 4.78 is 26.4. The quantitative estimate of drug-likeness (QED) is 0.920. The second-order valence-electron chi connectivity index (χ2n) is 6.12. The van der Waals surface area contributed by atoms with Crippen molar-refractivity contribution in [3.05, 3.63) is 29.3 Å². The number of benzene rings is 1. The van der Waals surface area contributed by atoms with E-state index in [1.165, 1.54) is 9.87 Å². The molecule has 3 rings (SSSR count). The van der Waals surface area contributed by atoms with Crippen molar-refractivity contribution in [1.82, 2.24) is 4.31 Å². The molecule has 4 nitrogen and oxygen atoms in total. The number of likely N-dealkylation sites (N-methyl/N-ethyl adjacent to an activating group) is 1. The average Bonchev–Trinajstić information content (AvgIpc) is 2.83. The van der Waals surface area contributed by atoms with Gasteiger partial charge in [0.1, 0.15) is 0 Å². The minimum Gasteiger partial charge on any atom is -0.389 e. The summed E-state index contributed by atoms with van der Waals surface area (Å²) in [5.41, 5.74) is 1.60. The molecule has 0 aliphatic heterocycles. The normalized spacial score (nSPS) is 20.8. The Bertz CT molecular complexity index is 620. The van der Waals surface area contributed by atoms with Crippen molar-refractivity contribution in [2.24, 2.45) is 0 Å². The molecule has 5 heteroatoms. The number of nitrogens with zero attached hydrogens (tertiary/aromatic N) is 1. The van der Waals surface area contributed by atoms with Crippen LogP contribution in [-0.2, 0) is 22.9 Å². The average molecular weight is 295 g/mol. The van der Waals surface area contributed by atoms with E-state index in [1.54, 1.807) is 19.2 Å². The van der Waals surface area contributed by atoms with Crippen molar-refractivity contribution >= 4 is 10.0 Å². The molecule has 0 bridgehead atoms. The number of sulfonamides is 1. The lowest BCUT2D eigenvalue weighted by Crippen LogP contribution is -2.48. The van der Waals surface area contributed by atoms with Gasteiger partial charge in [-0.15, -0.1) is 0 Å². The van der Waals surface area contributed by atoms with Crippen LogP contribution in [0.25, 0.3) is 0 Å². The number of hydrogen-bond acceptors (Lipinski definition) is 3. The molecular weight excluding hydrogens is 274 g/mol. The highest BCUT2D eigenvalue weighted by Gasteiger charge is 2.38. The lowest BCUT2D eigenvalue weighted by Gasteiger charge is -2.39. The minimum atomic E-state index is -3.50. The van der Waals surface area contributed by atoms with Crippen molar-refractivity contribution in [2.75, 3.05) is 13.6 Å². The Hall–Kier alpha value is -0.910. The first-order valence-corrected chi connectivity index (χ1v) is 8.65. The van der Waals surface area contributed by atoms with Gasteiger partial charge >= 0.3 is 0 Å². The summed E-state index contributed by atoms with van der Waals surface area (Å²) >= 11 is 0.